The Labute approximate surface area is 176 Å². The van der Waals surface area contributed by atoms with E-state index in [1.165, 1.54) is 22.6 Å². The Morgan fingerprint density at radius 3 is 2.73 bits per heavy atom. The second kappa shape index (κ2) is 8.06. The second-order valence-corrected chi connectivity index (χ2v) is 10.5. The van der Waals surface area contributed by atoms with Gasteiger partial charge in [-0.15, -0.1) is 0 Å². The van der Waals surface area contributed by atoms with Crippen molar-refractivity contribution in [2.45, 2.75) is 58.1 Å². The predicted octanol–water partition coefficient (Wildman–Crippen LogP) is 2.63. The Morgan fingerprint density at radius 2 is 2.03 bits per heavy atom. The first-order valence-electron chi connectivity index (χ1n) is 10.6. The van der Waals surface area contributed by atoms with Crippen molar-refractivity contribution in [1.82, 2.24) is 9.88 Å². The van der Waals surface area contributed by atoms with E-state index in [9.17, 15) is 18.0 Å². The van der Waals surface area contributed by atoms with Crippen molar-refractivity contribution in [3.63, 3.8) is 0 Å². The summed E-state index contributed by atoms with van der Waals surface area (Å²) >= 11 is 0. The number of hydrogen-bond donors (Lipinski definition) is 1. The molecule has 4 rings (SSSR count). The number of carbonyl (C=O) groups excluding carboxylic acids is 2. The van der Waals surface area contributed by atoms with Crippen LogP contribution < -0.4 is 0 Å². The van der Waals surface area contributed by atoms with Gasteiger partial charge in [-0.1, -0.05) is 0 Å². The fourth-order valence-electron chi connectivity index (χ4n) is 4.66. The Morgan fingerprint density at radius 1 is 1.27 bits per heavy atom. The number of amides is 1. The summed E-state index contributed by atoms with van der Waals surface area (Å²) in [6.45, 7) is 3.73. The van der Waals surface area contributed by atoms with E-state index in [1.54, 1.807) is 19.9 Å². The Kier molecular flexibility index (Phi) is 5.61. The molecule has 0 unspecified atom stereocenters. The average molecular weight is 433 g/mol. The number of nitrogens with zero attached hydrogens (tertiary/aromatic N) is 1. The number of rotatable bonds is 5. The molecule has 2 aliphatic rings. The number of likely N-dealkylation sites (N-methyl/N-ethyl adjacent to an activating group) is 1. The van der Waals surface area contributed by atoms with Crippen molar-refractivity contribution in [2.75, 3.05) is 18.1 Å². The molecule has 2 heterocycles. The number of benzene rings is 1. The molecule has 0 radical (unpaired) electrons. The van der Waals surface area contributed by atoms with Crippen LogP contribution >= 0.6 is 0 Å². The van der Waals surface area contributed by atoms with Gasteiger partial charge in [-0.05, 0) is 69.7 Å². The van der Waals surface area contributed by atoms with Crippen LogP contribution in [0.1, 0.15) is 54.7 Å². The Balaban J connectivity index is 1.48. The number of fused-ring (bicyclic) bond motifs is 3. The maximum absolute atomic E-state index is 12.9. The van der Waals surface area contributed by atoms with Gasteiger partial charge >= 0.3 is 5.97 Å². The molecule has 0 saturated carbocycles. The zero-order valence-electron chi connectivity index (χ0n) is 17.4. The molecule has 2 aromatic rings. The number of H-pyrrole nitrogens is 1. The quantitative estimate of drug-likeness (QED) is 0.733. The van der Waals surface area contributed by atoms with Crippen molar-refractivity contribution in [3.8, 4) is 0 Å². The molecule has 1 amide bonds. The summed E-state index contributed by atoms with van der Waals surface area (Å²) in [5, 5.41) is 1.05. The lowest BCUT2D eigenvalue weighted by Gasteiger charge is -2.29. The standard InChI is InChI=1S/C22H28N2O5S/c1-3-24(16-10-11-30(27,28)13-16)21(25)14(2)29-22(26)15-8-9-20-18(12-15)17-6-4-5-7-19(17)23-20/h8-9,12,14,16,23H,3-7,10-11,13H2,1-2H3/t14-,16+/m1/s1. The van der Waals surface area contributed by atoms with Crippen LogP contribution in [0, 0.1) is 0 Å². The zero-order chi connectivity index (χ0) is 21.5. The molecule has 1 aromatic heterocycles. The Hall–Kier alpha value is -2.35. The molecule has 162 valence electrons. The van der Waals surface area contributed by atoms with E-state index in [-0.39, 0.29) is 23.5 Å². The van der Waals surface area contributed by atoms with Gasteiger partial charge in [0.1, 0.15) is 0 Å². The predicted molar refractivity (Wildman–Crippen MR) is 114 cm³/mol. The number of esters is 1. The van der Waals surface area contributed by atoms with Crippen LogP contribution in [-0.2, 0) is 32.2 Å². The lowest BCUT2D eigenvalue weighted by molar-refractivity contribution is -0.141. The molecule has 1 aromatic carbocycles. The van der Waals surface area contributed by atoms with Crippen LogP contribution in [0.2, 0.25) is 0 Å². The summed E-state index contributed by atoms with van der Waals surface area (Å²) in [6, 6.07) is 5.09. The SMILES string of the molecule is CCN(C(=O)[C@@H](C)OC(=O)c1ccc2[nH]c3c(c2c1)CCCC3)[C@H]1CCS(=O)(=O)C1. The van der Waals surface area contributed by atoms with Crippen molar-refractivity contribution in [2.24, 2.45) is 0 Å². The second-order valence-electron chi connectivity index (χ2n) is 8.28. The van der Waals surface area contributed by atoms with Crippen LogP contribution in [0.5, 0.6) is 0 Å². The largest absolute Gasteiger partial charge is 0.449 e. The average Bonchev–Trinajstić information content (AvgIpc) is 3.27. The number of carbonyl (C=O) groups is 2. The third-order valence-electron chi connectivity index (χ3n) is 6.24. The number of ether oxygens (including phenoxy) is 1. The van der Waals surface area contributed by atoms with Crippen molar-refractivity contribution in [3.05, 3.63) is 35.0 Å². The number of nitrogens with one attached hydrogen (secondary N) is 1. The fraction of sp³-hybridized carbons (Fsp3) is 0.545. The summed E-state index contributed by atoms with van der Waals surface area (Å²) < 4.78 is 29.0. The molecule has 7 nitrogen and oxygen atoms in total. The van der Waals surface area contributed by atoms with Gasteiger partial charge in [-0.3, -0.25) is 4.79 Å². The first-order chi connectivity index (χ1) is 14.3. The zero-order valence-corrected chi connectivity index (χ0v) is 18.3. The number of sulfone groups is 1. The van der Waals surface area contributed by atoms with Crippen LogP contribution in [0.15, 0.2) is 18.2 Å². The molecule has 1 aliphatic heterocycles. The lowest BCUT2D eigenvalue weighted by Crippen LogP contribution is -2.46. The fourth-order valence-corrected chi connectivity index (χ4v) is 6.39. The van der Waals surface area contributed by atoms with Gasteiger partial charge in [0.2, 0.25) is 0 Å². The summed E-state index contributed by atoms with van der Waals surface area (Å²) in [5.74, 6) is -0.828. The molecule has 1 aliphatic carbocycles. The molecule has 8 heteroatoms. The number of aromatic amines is 1. The van der Waals surface area contributed by atoms with Gasteiger partial charge in [-0.2, -0.15) is 0 Å². The molecular formula is C22H28N2O5S. The smallest absolute Gasteiger partial charge is 0.338 e. The van der Waals surface area contributed by atoms with E-state index < -0.39 is 21.9 Å². The minimum atomic E-state index is -3.10. The normalized spacial score (nSPS) is 21.2. The van der Waals surface area contributed by atoms with Gasteiger partial charge < -0.3 is 14.6 Å². The van der Waals surface area contributed by atoms with Crippen molar-refractivity contribution in [1.29, 1.82) is 0 Å². The summed E-state index contributed by atoms with van der Waals surface area (Å²) in [6.07, 6.45) is 3.79. The van der Waals surface area contributed by atoms with E-state index in [0.29, 0.717) is 18.5 Å². The number of aryl methyl sites for hydroxylation is 2. The van der Waals surface area contributed by atoms with E-state index in [2.05, 4.69) is 4.98 Å². The molecule has 1 fully saturated rings. The molecule has 0 spiro atoms. The van der Waals surface area contributed by atoms with Gasteiger partial charge in [-0.25, -0.2) is 13.2 Å². The maximum Gasteiger partial charge on any atom is 0.338 e. The first kappa shape index (κ1) is 20.9. The molecular weight excluding hydrogens is 404 g/mol. The monoisotopic (exact) mass is 432 g/mol. The first-order valence-corrected chi connectivity index (χ1v) is 12.5. The Bertz CT molecular complexity index is 1090. The van der Waals surface area contributed by atoms with Gasteiger partial charge in [0.15, 0.2) is 15.9 Å². The highest BCUT2D eigenvalue weighted by molar-refractivity contribution is 7.91. The van der Waals surface area contributed by atoms with Crippen molar-refractivity contribution < 1.29 is 22.7 Å². The molecule has 1 saturated heterocycles. The molecule has 0 bridgehead atoms. The van der Waals surface area contributed by atoms with Crippen molar-refractivity contribution >= 4 is 32.6 Å². The number of aromatic nitrogens is 1. The highest BCUT2D eigenvalue weighted by Gasteiger charge is 2.36. The van der Waals surface area contributed by atoms with E-state index in [0.717, 1.165) is 30.2 Å². The van der Waals surface area contributed by atoms with Gasteiger partial charge in [0, 0.05) is 29.2 Å². The highest BCUT2D eigenvalue weighted by atomic mass is 32.2. The summed E-state index contributed by atoms with van der Waals surface area (Å²) in [7, 11) is -3.10. The minimum Gasteiger partial charge on any atom is -0.449 e. The lowest BCUT2D eigenvalue weighted by atomic mass is 9.95. The minimum absolute atomic E-state index is 0.0253. The van der Waals surface area contributed by atoms with Gasteiger partial charge in [0.25, 0.3) is 5.91 Å². The third kappa shape index (κ3) is 3.97. The molecule has 1 N–H and O–H groups in total. The van der Waals surface area contributed by atoms with E-state index >= 15 is 0 Å². The van der Waals surface area contributed by atoms with E-state index in [1.807, 2.05) is 12.1 Å². The van der Waals surface area contributed by atoms with Gasteiger partial charge in [0.05, 0.1) is 17.1 Å². The summed E-state index contributed by atoms with van der Waals surface area (Å²) in [5.41, 5.74) is 3.95. The van der Waals surface area contributed by atoms with E-state index in [4.69, 9.17) is 4.74 Å². The highest BCUT2D eigenvalue weighted by Crippen LogP contribution is 2.30. The summed E-state index contributed by atoms with van der Waals surface area (Å²) in [4.78, 5) is 30.5. The topological polar surface area (TPSA) is 96.5 Å². The number of hydrogen-bond acceptors (Lipinski definition) is 5. The molecule has 30 heavy (non-hydrogen) atoms. The maximum atomic E-state index is 12.9. The third-order valence-corrected chi connectivity index (χ3v) is 7.99. The van der Waals surface area contributed by atoms with Crippen LogP contribution in [0.4, 0.5) is 0 Å². The van der Waals surface area contributed by atoms with Crippen LogP contribution in [0.25, 0.3) is 10.9 Å². The molecule has 2 atom stereocenters. The van der Waals surface area contributed by atoms with Crippen LogP contribution in [0.3, 0.4) is 0 Å². The van der Waals surface area contributed by atoms with Crippen LogP contribution in [-0.4, -0.2) is 60.4 Å².